The van der Waals surface area contributed by atoms with Gasteiger partial charge in [0.25, 0.3) is 11.8 Å². The number of hydrogen-bond acceptors (Lipinski definition) is 7. The molecule has 0 unspecified atom stereocenters. The molecule has 0 spiro atoms. The van der Waals surface area contributed by atoms with Gasteiger partial charge in [-0.25, -0.2) is 4.98 Å². The molecule has 29 heavy (non-hydrogen) atoms. The molecule has 0 atom stereocenters. The molecular weight excluding hydrogens is 370 g/mol. The van der Waals surface area contributed by atoms with Gasteiger partial charge in [0.1, 0.15) is 0 Å². The number of nitrogens with zero attached hydrogens (tertiary/aromatic N) is 4. The van der Waals surface area contributed by atoms with E-state index in [9.17, 15) is 4.79 Å². The van der Waals surface area contributed by atoms with Gasteiger partial charge in [0.2, 0.25) is 0 Å². The van der Waals surface area contributed by atoms with Crippen LogP contribution < -0.4 is 5.32 Å². The van der Waals surface area contributed by atoms with Gasteiger partial charge in [-0.1, -0.05) is 23.3 Å². The number of benzene rings is 1. The first-order chi connectivity index (χ1) is 14.3. The summed E-state index contributed by atoms with van der Waals surface area (Å²) in [5.41, 5.74) is 2.67. The topological polar surface area (TPSA) is 107 Å². The van der Waals surface area contributed by atoms with E-state index in [2.05, 4.69) is 25.5 Å². The number of carbonyl (C=O) groups excluding carboxylic acids is 1. The van der Waals surface area contributed by atoms with Gasteiger partial charge in [-0.05, 0) is 36.4 Å². The molecule has 8 heteroatoms. The van der Waals surface area contributed by atoms with E-state index in [0.29, 0.717) is 27.9 Å². The van der Waals surface area contributed by atoms with Gasteiger partial charge < -0.3 is 8.83 Å². The van der Waals surface area contributed by atoms with Gasteiger partial charge in [-0.15, -0.1) is 5.10 Å². The molecule has 0 aliphatic rings. The first kappa shape index (κ1) is 16.8. The van der Waals surface area contributed by atoms with E-state index >= 15 is 0 Å². The molecule has 0 aliphatic carbocycles. The minimum atomic E-state index is -0.381. The highest BCUT2D eigenvalue weighted by atomic mass is 16.4. The molecule has 1 N–H and O–H groups in total. The fraction of sp³-hybridized carbons (Fsp3) is 0. The minimum Gasteiger partial charge on any atom is -0.459 e. The maximum absolute atomic E-state index is 13.0. The lowest BCUT2D eigenvalue weighted by molar-refractivity contribution is 0.102. The van der Waals surface area contributed by atoms with E-state index in [4.69, 9.17) is 8.83 Å². The Hall–Kier alpha value is -4.33. The second-order valence-corrected chi connectivity index (χ2v) is 6.15. The predicted molar refractivity (Wildman–Crippen MR) is 105 cm³/mol. The lowest BCUT2D eigenvalue weighted by Gasteiger charge is -2.09. The highest BCUT2D eigenvalue weighted by Gasteiger charge is 2.17. The van der Waals surface area contributed by atoms with Crippen molar-refractivity contribution in [3.05, 3.63) is 78.8 Å². The predicted octanol–water partition coefficient (Wildman–Crippen LogP) is 4.19. The largest absolute Gasteiger partial charge is 0.459 e. The normalized spacial score (nSPS) is 10.9. The molecule has 140 valence electrons. The molecule has 5 aromatic rings. The Labute approximate surface area is 164 Å². The minimum absolute atomic E-state index is 0.0206. The third-order valence-corrected chi connectivity index (χ3v) is 4.31. The number of rotatable bonds is 4. The summed E-state index contributed by atoms with van der Waals surface area (Å²) in [4.78, 5) is 21.7. The Morgan fingerprint density at radius 3 is 2.66 bits per heavy atom. The van der Waals surface area contributed by atoms with Gasteiger partial charge in [0, 0.05) is 23.3 Å². The first-order valence-corrected chi connectivity index (χ1v) is 8.77. The Morgan fingerprint density at radius 2 is 1.83 bits per heavy atom. The number of carbonyl (C=O) groups is 1. The number of nitrogens with one attached hydrogen (secondary N) is 1. The number of furan rings is 1. The van der Waals surface area contributed by atoms with Crippen molar-refractivity contribution in [3.8, 4) is 22.9 Å². The summed E-state index contributed by atoms with van der Waals surface area (Å²) < 4.78 is 10.7. The van der Waals surface area contributed by atoms with E-state index in [0.717, 1.165) is 5.56 Å². The van der Waals surface area contributed by atoms with Crippen molar-refractivity contribution < 1.29 is 13.6 Å². The van der Waals surface area contributed by atoms with E-state index in [1.54, 1.807) is 30.6 Å². The van der Waals surface area contributed by atoms with E-state index in [-0.39, 0.29) is 17.8 Å². The average Bonchev–Trinajstić information content (AvgIpc) is 3.45. The molecule has 5 rings (SSSR count). The molecule has 1 aromatic carbocycles. The summed E-state index contributed by atoms with van der Waals surface area (Å²) in [5.74, 6) is 0.225. The van der Waals surface area contributed by atoms with E-state index in [1.165, 1.54) is 6.26 Å². The van der Waals surface area contributed by atoms with Crippen LogP contribution in [-0.2, 0) is 0 Å². The highest BCUT2D eigenvalue weighted by molar-refractivity contribution is 6.12. The maximum Gasteiger partial charge on any atom is 0.322 e. The fourth-order valence-electron chi connectivity index (χ4n) is 2.97. The van der Waals surface area contributed by atoms with Gasteiger partial charge in [-0.3, -0.25) is 15.1 Å². The number of para-hydroxylation sites is 1. The highest BCUT2D eigenvalue weighted by Crippen LogP contribution is 2.26. The standard InChI is InChI=1S/C21H13N5O3/c27-19(24-21-26-25-20(29-21)18-6-3-11-28-18)15-12-17(13-7-9-22-10-8-13)23-16-5-2-1-4-14(15)16/h1-12H,(H,24,26,27). The zero-order chi connectivity index (χ0) is 19.6. The van der Waals surface area contributed by atoms with E-state index in [1.807, 2.05) is 36.4 Å². The summed E-state index contributed by atoms with van der Waals surface area (Å²) >= 11 is 0. The molecule has 0 bridgehead atoms. The van der Waals surface area contributed by atoms with Crippen LogP contribution in [0.3, 0.4) is 0 Å². The maximum atomic E-state index is 13.0. The zero-order valence-electron chi connectivity index (χ0n) is 14.9. The molecular formula is C21H13N5O3. The number of fused-ring (bicyclic) bond motifs is 1. The summed E-state index contributed by atoms with van der Waals surface area (Å²) in [6, 6.07) is 16.2. The Bertz CT molecular complexity index is 1300. The van der Waals surface area contributed by atoms with Crippen LogP contribution in [0.15, 0.2) is 82.1 Å². The zero-order valence-corrected chi connectivity index (χ0v) is 14.9. The van der Waals surface area contributed by atoms with Gasteiger partial charge in [0.05, 0.1) is 23.0 Å². The molecule has 0 aliphatic heterocycles. The second kappa shape index (κ2) is 7.01. The number of aromatic nitrogens is 4. The summed E-state index contributed by atoms with van der Waals surface area (Å²) in [7, 11) is 0. The average molecular weight is 383 g/mol. The Balaban J connectivity index is 1.52. The number of amides is 1. The first-order valence-electron chi connectivity index (χ1n) is 8.77. The van der Waals surface area contributed by atoms with Crippen molar-refractivity contribution >= 4 is 22.8 Å². The summed E-state index contributed by atoms with van der Waals surface area (Å²) in [5, 5.41) is 11.1. The Morgan fingerprint density at radius 1 is 0.966 bits per heavy atom. The van der Waals surface area contributed by atoms with Crippen molar-refractivity contribution in [2.24, 2.45) is 0 Å². The lowest BCUT2D eigenvalue weighted by Crippen LogP contribution is -2.13. The molecule has 4 heterocycles. The smallest absolute Gasteiger partial charge is 0.322 e. The van der Waals surface area contributed by atoms with Crippen molar-refractivity contribution in [3.63, 3.8) is 0 Å². The van der Waals surface area contributed by atoms with E-state index < -0.39 is 0 Å². The molecule has 0 fully saturated rings. The molecule has 0 saturated heterocycles. The number of anilines is 1. The third kappa shape index (κ3) is 3.23. The summed E-state index contributed by atoms with van der Waals surface area (Å²) in [6.45, 7) is 0. The SMILES string of the molecule is O=C(Nc1nnc(-c2ccco2)o1)c1cc(-c2ccncc2)nc2ccccc12. The van der Waals surface area contributed by atoms with Crippen LogP contribution in [0, 0.1) is 0 Å². The van der Waals surface area contributed by atoms with Crippen LogP contribution in [0.1, 0.15) is 10.4 Å². The van der Waals surface area contributed by atoms with Gasteiger partial charge in [0.15, 0.2) is 5.76 Å². The van der Waals surface area contributed by atoms with Crippen LogP contribution in [0.5, 0.6) is 0 Å². The van der Waals surface area contributed by atoms with Crippen molar-refractivity contribution in [1.82, 2.24) is 20.2 Å². The van der Waals surface area contributed by atoms with Crippen molar-refractivity contribution in [2.45, 2.75) is 0 Å². The monoisotopic (exact) mass is 383 g/mol. The fourth-order valence-corrected chi connectivity index (χ4v) is 2.97. The third-order valence-electron chi connectivity index (χ3n) is 4.31. The molecule has 0 radical (unpaired) electrons. The van der Waals surface area contributed by atoms with Crippen LogP contribution in [0.2, 0.25) is 0 Å². The van der Waals surface area contributed by atoms with Crippen LogP contribution >= 0.6 is 0 Å². The molecule has 1 amide bonds. The molecule has 8 nitrogen and oxygen atoms in total. The Kier molecular flexibility index (Phi) is 4.06. The second-order valence-electron chi connectivity index (χ2n) is 6.15. The molecule has 0 saturated carbocycles. The van der Waals surface area contributed by atoms with Crippen LogP contribution in [0.4, 0.5) is 6.01 Å². The number of hydrogen-bond donors (Lipinski definition) is 1. The van der Waals surface area contributed by atoms with Crippen molar-refractivity contribution in [2.75, 3.05) is 5.32 Å². The number of pyridine rings is 2. The lowest BCUT2D eigenvalue weighted by atomic mass is 10.0. The quantitative estimate of drug-likeness (QED) is 0.496. The van der Waals surface area contributed by atoms with Crippen molar-refractivity contribution in [1.29, 1.82) is 0 Å². The summed E-state index contributed by atoms with van der Waals surface area (Å²) in [6.07, 6.45) is 4.86. The molecule has 4 aromatic heterocycles. The van der Waals surface area contributed by atoms with Crippen LogP contribution in [0.25, 0.3) is 33.8 Å². The van der Waals surface area contributed by atoms with Crippen LogP contribution in [-0.4, -0.2) is 26.1 Å². The van der Waals surface area contributed by atoms with Gasteiger partial charge in [-0.2, -0.15) is 0 Å². The van der Waals surface area contributed by atoms with Gasteiger partial charge >= 0.3 is 6.01 Å².